The van der Waals surface area contributed by atoms with Gasteiger partial charge in [-0.05, 0) is 55.9 Å². The summed E-state index contributed by atoms with van der Waals surface area (Å²) in [5.74, 6) is 0.798. The number of aromatic nitrogens is 3. The minimum absolute atomic E-state index is 0.0311. The first-order valence-electron chi connectivity index (χ1n) is 12.4. The molecular formula is C26H33ClN4O3. The van der Waals surface area contributed by atoms with Crippen molar-refractivity contribution < 1.29 is 14.3 Å². The summed E-state index contributed by atoms with van der Waals surface area (Å²) in [4.78, 5) is 30.0. The van der Waals surface area contributed by atoms with Crippen LogP contribution in [0.2, 0.25) is 5.02 Å². The molecule has 8 heteroatoms. The summed E-state index contributed by atoms with van der Waals surface area (Å²) in [5, 5.41) is 8.10. The number of halogens is 1. The Morgan fingerprint density at radius 3 is 2.85 bits per heavy atom. The Hall–Kier alpha value is -2.25. The van der Waals surface area contributed by atoms with Crippen molar-refractivity contribution in [3.63, 3.8) is 0 Å². The molecule has 1 N–H and O–H groups in total. The van der Waals surface area contributed by atoms with Gasteiger partial charge in [-0.25, -0.2) is 4.98 Å². The van der Waals surface area contributed by atoms with Crippen molar-refractivity contribution in [2.75, 3.05) is 11.9 Å². The molecule has 2 fully saturated rings. The zero-order valence-electron chi connectivity index (χ0n) is 20.0. The lowest BCUT2D eigenvalue weighted by molar-refractivity contribution is -0.130. The molecule has 3 aliphatic rings. The molecule has 0 bridgehead atoms. The van der Waals surface area contributed by atoms with E-state index in [0.717, 1.165) is 62.6 Å². The number of hydrogen-bond acceptors (Lipinski definition) is 5. The molecule has 7 nitrogen and oxygen atoms in total. The van der Waals surface area contributed by atoms with Gasteiger partial charge in [0.15, 0.2) is 5.78 Å². The lowest BCUT2D eigenvalue weighted by atomic mass is 9.78. The van der Waals surface area contributed by atoms with Gasteiger partial charge in [0.05, 0.1) is 11.2 Å². The van der Waals surface area contributed by atoms with E-state index in [4.69, 9.17) is 16.3 Å². The molecule has 1 saturated heterocycles. The van der Waals surface area contributed by atoms with E-state index in [-0.39, 0.29) is 35.0 Å². The molecule has 1 amide bonds. The maximum Gasteiger partial charge on any atom is 0.228 e. The van der Waals surface area contributed by atoms with Gasteiger partial charge in [-0.3, -0.25) is 14.3 Å². The molecule has 2 aromatic rings. The number of fused-ring (bicyclic) bond motifs is 1. The average Bonchev–Trinajstić information content (AvgIpc) is 3.52. The average molecular weight is 485 g/mol. The van der Waals surface area contributed by atoms with Crippen LogP contribution in [0.5, 0.6) is 0 Å². The van der Waals surface area contributed by atoms with Crippen LogP contribution in [0.3, 0.4) is 0 Å². The SMILES string of the molecule is CC1(C)Cc2c(-c3cc(NC(=O)[C@H]4CCC[C@@H](CC(=O)[C@H]5CCCO5)C4)ncc3Cl)cnn2C1. The highest BCUT2D eigenvalue weighted by molar-refractivity contribution is 6.33. The number of carbonyl (C=O) groups is 2. The fourth-order valence-corrected chi connectivity index (χ4v) is 5.98. The van der Waals surface area contributed by atoms with Gasteiger partial charge in [0.25, 0.3) is 0 Å². The Balaban J connectivity index is 1.25. The van der Waals surface area contributed by atoms with Gasteiger partial charge in [-0.15, -0.1) is 0 Å². The van der Waals surface area contributed by atoms with Crippen LogP contribution in [0.25, 0.3) is 11.1 Å². The molecule has 34 heavy (non-hydrogen) atoms. The number of nitrogens with one attached hydrogen (secondary N) is 1. The van der Waals surface area contributed by atoms with Crippen LogP contribution in [-0.4, -0.2) is 39.2 Å². The molecule has 1 saturated carbocycles. The molecule has 0 unspecified atom stereocenters. The number of anilines is 1. The summed E-state index contributed by atoms with van der Waals surface area (Å²) >= 11 is 6.51. The van der Waals surface area contributed by atoms with Gasteiger partial charge < -0.3 is 10.1 Å². The van der Waals surface area contributed by atoms with E-state index < -0.39 is 0 Å². The Labute approximate surface area is 205 Å². The van der Waals surface area contributed by atoms with E-state index >= 15 is 0 Å². The minimum Gasteiger partial charge on any atom is -0.370 e. The number of Topliss-reactive ketones (excluding diaryl/α,β-unsaturated/α-hetero) is 1. The number of hydrogen-bond donors (Lipinski definition) is 1. The molecule has 0 radical (unpaired) electrons. The van der Waals surface area contributed by atoms with Crippen LogP contribution in [0.1, 0.15) is 64.5 Å². The second kappa shape index (κ2) is 9.42. The zero-order valence-corrected chi connectivity index (χ0v) is 20.7. The van der Waals surface area contributed by atoms with E-state index in [1.165, 1.54) is 5.69 Å². The van der Waals surface area contributed by atoms with Gasteiger partial charge in [0.2, 0.25) is 5.91 Å². The molecule has 182 valence electrons. The monoisotopic (exact) mass is 484 g/mol. The first-order valence-corrected chi connectivity index (χ1v) is 12.8. The van der Waals surface area contributed by atoms with Crippen LogP contribution in [0.4, 0.5) is 5.82 Å². The minimum atomic E-state index is -0.234. The number of rotatable bonds is 6. The van der Waals surface area contributed by atoms with Crippen molar-refractivity contribution in [3.8, 4) is 11.1 Å². The lowest BCUT2D eigenvalue weighted by Crippen LogP contribution is -2.30. The van der Waals surface area contributed by atoms with E-state index in [9.17, 15) is 9.59 Å². The second-order valence-electron chi connectivity index (χ2n) is 10.9. The molecular weight excluding hydrogens is 452 g/mol. The first kappa shape index (κ1) is 23.5. The summed E-state index contributed by atoms with van der Waals surface area (Å²) < 4.78 is 7.59. The van der Waals surface area contributed by atoms with Gasteiger partial charge in [0.1, 0.15) is 11.9 Å². The van der Waals surface area contributed by atoms with Crippen LogP contribution in [0, 0.1) is 17.3 Å². The quantitative estimate of drug-likeness (QED) is 0.619. The predicted molar refractivity (Wildman–Crippen MR) is 131 cm³/mol. The van der Waals surface area contributed by atoms with E-state index in [0.29, 0.717) is 23.9 Å². The second-order valence-corrected chi connectivity index (χ2v) is 11.4. The van der Waals surface area contributed by atoms with Crippen molar-refractivity contribution >= 4 is 29.1 Å². The Bertz CT molecular complexity index is 1090. The fraction of sp³-hybridized carbons (Fsp3) is 0.615. The topological polar surface area (TPSA) is 86.1 Å². The van der Waals surface area contributed by atoms with Crippen LogP contribution in [-0.2, 0) is 27.3 Å². The van der Waals surface area contributed by atoms with Crippen molar-refractivity contribution in [3.05, 3.63) is 29.2 Å². The van der Waals surface area contributed by atoms with Crippen LogP contribution in [0.15, 0.2) is 18.5 Å². The summed E-state index contributed by atoms with van der Waals surface area (Å²) in [6.45, 7) is 6.03. The van der Waals surface area contributed by atoms with E-state index in [1.54, 1.807) is 6.20 Å². The summed E-state index contributed by atoms with van der Waals surface area (Å²) in [6.07, 6.45) is 9.97. The third kappa shape index (κ3) is 4.91. The van der Waals surface area contributed by atoms with Crippen molar-refractivity contribution in [1.29, 1.82) is 0 Å². The predicted octanol–water partition coefficient (Wildman–Crippen LogP) is 5.06. The zero-order chi connectivity index (χ0) is 23.9. The lowest BCUT2D eigenvalue weighted by Gasteiger charge is -2.28. The number of nitrogens with zero attached hydrogens (tertiary/aromatic N) is 3. The maximum absolute atomic E-state index is 13.1. The van der Waals surface area contributed by atoms with Crippen molar-refractivity contribution in [2.45, 2.75) is 77.9 Å². The summed E-state index contributed by atoms with van der Waals surface area (Å²) in [5.41, 5.74) is 3.17. The molecule has 1 aliphatic carbocycles. The smallest absolute Gasteiger partial charge is 0.228 e. The molecule has 4 heterocycles. The number of carbonyl (C=O) groups excluding carboxylic acids is 2. The molecule has 3 atom stereocenters. The van der Waals surface area contributed by atoms with E-state index in [1.807, 2.05) is 16.9 Å². The Morgan fingerprint density at radius 2 is 2.06 bits per heavy atom. The maximum atomic E-state index is 13.1. The highest BCUT2D eigenvalue weighted by Crippen LogP contribution is 2.39. The molecule has 2 aromatic heterocycles. The molecule has 5 rings (SSSR count). The standard InChI is InChI=1S/C26H33ClN4O3/c1-26(2)12-21-19(13-29-31(21)15-26)18-11-24(28-14-20(18)27)30-25(33)17-6-3-5-16(9-17)10-22(32)23-7-4-8-34-23/h11,13-14,16-17,23H,3-10,12,15H2,1-2H3,(H,28,30,33)/t16-,17+,23-/m1/s1. The molecule has 0 aromatic carbocycles. The summed E-state index contributed by atoms with van der Waals surface area (Å²) in [7, 11) is 0. The largest absolute Gasteiger partial charge is 0.370 e. The van der Waals surface area contributed by atoms with Crippen LogP contribution >= 0.6 is 11.6 Å². The highest BCUT2D eigenvalue weighted by Gasteiger charge is 2.33. The third-order valence-electron chi connectivity index (χ3n) is 7.50. The van der Waals surface area contributed by atoms with Crippen molar-refractivity contribution in [2.24, 2.45) is 17.3 Å². The summed E-state index contributed by atoms with van der Waals surface area (Å²) in [6, 6.07) is 1.85. The number of pyridine rings is 1. The van der Waals surface area contributed by atoms with Crippen molar-refractivity contribution in [1.82, 2.24) is 14.8 Å². The first-order chi connectivity index (χ1) is 16.3. The van der Waals surface area contributed by atoms with Gasteiger partial charge in [-0.1, -0.05) is 31.9 Å². The molecule has 0 spiro atoms. The fourth-order valence-electron chi connectivity index (χ4n) is 5.78. The van der Waals surface area contributed by atoms with Gasteiger partial charge in [0, 0.05) is 48.5 Å². The van der Waals surface area contributed by atoms with Gasteiger partial charge >= 0.3 is 0 Å². The number of ketones is 1. The third-order valence-corrected chi connectivity index (χ3v) is 7.80. The van der Waals surface area contributed by atoms with E-state index in [2.05, 4.69) is 29.2 Å². The number of ether oxygens (including phenoxy) is 1. The highest BCUT2D eigenvalue weighted by atomic mass is 35.5. The Morgan fingerprint density at radius 1 is 1.21 bits per heavy atom. The number of amides is 1. The molecule has 2 aliphatic heterocycles. The van der Waals surface area contributed by atoms with Crippen LogP contribution < -0.4 is 5.32 Å². The normalized spacial score (nSPS) is 25.8. The van der Waals surface area contributed by atoms with Gasteiger partial charge in [-0.2, -0.15) is 5.10 Å². The Kier molecular flexibility index (Phi) is 6.51.